The standard InChI is InChI=1S/C19H18O4S/c1-12-16-10-14(21-2)6-9-17(16)23-18(12)19(20)22-11-13-4-7-15(24-3)8-5-13/h4-10H,11H2,1-3H3. The van der Waals surface area contributed by atoms with Gasteiger partial charge >= 0.3 is 5.97 Å². The number of thioether (sulfide) groups is 1. The van der Waals surface area contributed by atoms with E-state index < -0.39 is 5.97 Å². The molecule has 1 aromatic heterocycles. The van der Waals surface area contributed by atoms with Crippen LogP contribution in [0.1, 0.15) is 21.7 Å². The van der Waals surface area contributed by atoms with Gasteiger partial charge in [0.15, 0.2) is 0 Å². The molecule has 0 spiro atoms. The van der Waals surface area contributed by atoms with Crippen molar-refractivity contribution in [1.82, 2.24) is 0 Å². The molecule has 0 bridgehead atoms. The smallest absolute Gasteiger partial charge is 0.374 e. The van der Waals surface area contributed by atoms with E-state index in [4.69, 9.17) is 13.9 Å². The summed E-state index contributed by atoms with van der Waals surface area (Å²) in [5.41, 5.74) is 2.34. The average Bonchev–Trinajstić information content (AvgIpc) is 2.96. The van der Waals surface area contributed by atoms with Gasteiger partial charge in [0.1, 0.15) is 17.9 Å². The molecule has 0 saturated carbocycles. The van der Waals surface area contributed by atoms with Gasteiger partial charge in [0.2, 0.25) is 5.76 Å². The van der Waals surface area contributed by atoms with Crippen LogP contribution in [0.4, 0.5) is 0 Å². The van der Waals surface area contributed by atoms with Crippen LogP contribution < -0.4 is 4.74 Å². The third-order valence-corrected chi connectivity index (χ3v) is 4.60. The first-order valence-corrected chi connectivity index (χ1v) is 8.72. The van der Waals surface area contributed by atoms with Crippen LogP contribution in [0.25, 0.3) is 11.0 Å². The highest BCUT2D eigenvalue weighted by Gasteiger charge is 2.19. The molecule has 3 rings (SSSR count). The summed E-state index contributed by atoms with van der Waals surface area (Å²) in [4.78, 5) is 13.5. The molecule has 1 heterocycles. The minimum Gasteiger partial charge on any atom is -0.497 e. The van der Waals surface area contributed by atoms with Crippen molar-refractivity contribution in [2.75, 3.05) is 13.4 Å². The number of hydrogen-bond acceptors (Lipinski definition) is 5. The molecule has 0 fully saturated rings. The summed E-state index contributed by atoms with van der Waals surface area (Å²) in [5, 5.41) is 0.852. The zero-order valence-electron chi connectivity index (χ0n) is 13.8. The number of rotatable bonds is 5. The van der Waals surface area contributed by atoms with Gasteiger partial charge in [-0.15, -0.1) is 11.8 Å². The minimum absolute atomic E-state index is 0.216. The van der Waals surface area contributed by atoms with Gasteiger partial charge in [-0.3, -0.25) is 0 Å². The van der Waals surface area contributed by atoms with E-state index in [-0.39, 0.29) is 12.4 Å². The molecule has 2 aromatic carbocycles. The number of esters is 1. The highest BCUT2D eigenvalue weighted by Crippen LogP contribution is 2.29. The predicted molar refractivity (Wildman–Crippen MR) is 94.8 cm³/mol. The molecule has 0 aliphatic heterocycles. The van der Waals surface area contributed by atoms with Crippen LogP contribution in [0, 0.1) is 6.92 Å². The Kier molecular flexibility index (Phi) is 4.81. The Morgan fingerprint density at radius 3 is 2.58 bits per heavy atom. The predicted octanol–water partition coefficient (Wildman–Crippen LogP) is 4.83. The Morgan fingerprint density at radius 1 is 1.17 bits per heavy atom. The topological polar surface area (TPSA) is 48.7 Å². The van der Waals surface area contributed by atoms with Gasteiger partial charge in [0.25, 0.3) is 0 Å². The van der Waals surface area contributed by atoms with Gasteiger partial charge in [0, 0.05) is 15.8 Å². The third-order valence-electron chi connectivity index (χ3n) is 3.86. The quantitative estimate of drug-likeness (QED) is 0.491. The van der Waals surface area contributed by atoms with Crippen LogP contribution in [0.5, 0.6) is 5.75 Å². The summed E-state index contributed by atoms with van der Waals surface area (Å²) in [6.07, 6.45) is 2.02. The van der Waals surface area contributed by atoms with E-state index >= 15 is 0 Å². The Morgan fingerprint density at radius 2 is 1.92 bits per heavy atom. The van der Waals surface area contributed by atoms with Crippen molar-refractivity contribution in [2.24, 2.45) is 0 Å². The largest absolute Gasteiger partial charge is 0.497 e. The molecule has 5 heteroatoms. The van der Waals surface area contributed by atoms with Gasteiger partial charge in [-0.2, -0.15) is 0 Å². The van der Waals surface area contributed by atoms with Gasteiger partial charge in [-0.05, 0) is 49.1 Å². The van der Waals surface area contributed by atoms with Crippen LogP contribution in [0.15, 0.2) is 51.8 Å². The summed E-state index contributed by atoms with van der Waals surface area (Å²) >= 11 is 1.67. The van der Waals surface area contributed by atoms with E-state index in [2.05, 4.69) is 0 Å². The van der Waals surface area contributed by atoms with Gasteiger partial charge < -0.3 is 13.9 Å². The second kappa shape index (κ2) is 7.01. The maximum atomic E-state index is 12.3. The van der Waals surface area contributed by atoms with Crippen molar-refractivity contribution in [2.45, 2.75) is 18.4 Å². The van der Waals surface area contributed by atoms with Crippen molar-refractivity contribution < 1.29 is 18.7 Å². The Hall–Kier alpha value is -2.40. The molecule has 0 N–H and O–H groups in total. The molecule has 124 valence electrons. The van der Waals surface area contributed by atoms with E-state index in [0.717, 1.165) is 22.3 Å². The fourth-order valence-electron chi connectivity index (χ4n) is 2.46. The zero-order chi connectivity index (χ0) is 17.1. The fourth-order valence-corrected chi connectivity index (χ4v) is 2.87. The lowest BCUT2D eigenvalue weighted by atomic mass is 10.1. The van der Waals surface area contributed by atoms with Crippen molar-refractivity contribution in [1.29, 1.82) is 0 Å². The number of hydrogen-bond donors (Lipinski definition) is 0. The molecule has 0 atom stereocenters. The van der Waals surface area contributed by atoms with Crippen molar-refractivity contribution in [3.05, 3.63) is 59.4 Å². The number of carbonyl (C=O) groups is 1. The summed E-state index contributed by atoms with van der Waals surface area (Å²) < 4.78 is 16.2. The van der Waals surface area contributed by atoms with Crippen LogP contribution in [0.2, 0.25) is 0 Å². The van der Waals surface area contributed by atoms with Crippen LogP contribution >= 0.6 is 11.8 Å². The second-order valence-corrected chi connectivity index (χ2v) is 6.22. The monoisotopic (exact) mass is 342 g/mol. The lowest BCUT2D eigenvalue weighted by Crippen LogP contribution is -2.05. The van der Waals surface area contributed by atoms with Gasteiger partial charge in [0.05, 0.1) is 7.11 Å². The summed E-state index contributed by atoms with van der Waals surface area (Å²) in [6, 6.07) is 13.4. The van der Waals surface area contributed by atoms with Gasteiger partial charge in [-0.1, -0.05) is 12.1 Å². The maximum absolute atomic E-state index is 12.3. The fraction of sp³-hybridized carbons (Fsp3) is 0.211. The molecule has 0 saturated heterocycles. The van der Waals surface area contributed by atoms with Crippen LogP contribution in [-0.4, -0.2) is 19.3 Å². The summed E-state index contributed by atoms with van der Waals surface area (Å²) in [6.45, 7) is 2.06. The maximum Gasteiger partial charge on any atom is 0.374 e. The SMILES string of the molecule is COc1ccc2oc(C(=O)OCc3ccc(SC)cc3)c(C)c2c1. The Balaban J connectivity index is 1.76. The number of benzene rings is 2. The highest BCUT2D eigenvalue weighted by molar-refractivity contribution is 7.98. The molecule has 4 nitrogen and oxygen atoms in total. The zero-order valence-corrected chi connectivity index (χ0v) is 14.6. The number of carbonyl (C=O) groups excluding carboxylic acids is 1. The Bertz CT molecular complexity index is 865. The molecule has 0 radical (unpaired) electrons. The number of ether oxygens (including phenoxy) is 2. The first-order valence-electron chi connectivity index (χ1n) is 7.49. The van der Waals surface area contributed by atoms with Crippen molar-refractivity contribution in [3.8, 4) is 5.75 Å². The van der Waals surface area contributed by atoms with E-state index in [1.165, 1.54) is 4.90 Å². The molecule has 0 amide bonds. The van der Waals surface area contributed by atoms with E-state index in [0.29, 0.717) is 5.58 Å². The molecule has 0 unspecified atom stereocenters. The highest BCUT2D eigenvalue weighted by atomic mass is 32.2. The molecule has 3 aromatic rings. The molecular formula is C19H18O4S. The Labute approximate surface area is 144 Å². The normalized spacial score (nSPS) is 10.8. The van der Waals surface area contributed by atoms with Crippen molar-refractivity contribution in [3.63, 3.8) is 0 Å². The summed E-state index contributed by atoms with van der Waals surface area (Å²) in [7, 11) is 1.61. The molecule has 0 aliphatic carbocycles. The first kappa shape index (κ1) is 16.5. The molecule has 0 aliphatic rings. The molecular weight excluding hydrogens is 324 g/mol. The van der Waals surface area contributed by atoms with Crippen LogP contribution in [0.3, 0.4) is 0 Å². The number of methoxy groups -OCH3 is 1. The van der Waals surface area contributed by atoms with Gasteiger partial charge in [-0.25, -0.2) is 4.79 Å². The third kappa shape index (κ3) is 3.26. The number of fused-ring (bicyclic) bond motifs is 1. The van der Waals surface area contributed by atoms with E-state index in [1.54, 1.807) is 31.0 Å². The lowest BCUT2D eigenvalue weighted by molar-refractivity contribution is 0.0437. The number of aryl methyl sites for hydroxylation is 1. The first-order chi connectivity index (χ1) is 11.6. The van der Waals surface area contributed by atoms with E-state index in [1.807, 2.05) is 43.5 Å². The minimum atomic E-state index is -0.461. The second-order valence-electron chi connectivity index (χ2n) is 5.34. The van der Waals surface area contributed by atoms with E-state index in [9.17, 15) is 4.79 Å². The average molecular weight is 342 g/mol. The molecule has 24 heavy (non-hydrogen) atoms. The number of furan rings is 1. The van der Waals surface area contributed by atoms with Crippen molar-refractivity contribution >= 4 is 28.7 Å². The summed E-state index contributed by atoms with van der Waals surface area (Å²) in [5.74, 6) is 0.496. The lowest BCUT2D eigenvalue weighted by Gasteiger charge is -2.04. The van der Waals surface area contributed by atoms with Crippen LogP contribution in [-0.2, 0) is 11.3 Å².